The second-order valence-electron chi connectivity index (χ2n) is 1.33. The van der Waals surface area contributed by atoms with E-state index in [1.807, 2.05) is 0 Å². The van der Waals surface area contributed by atoms with Crippen molar-refractivity contribution in [2.75, 3.05) is 0 Å². The highest BCUT2D eigenvalue weighted by atomic mass is 16.4. The van der Waals surface area contributed by atoms with Crippen LogP contribution in [0.3, 0.4) is 0 Å². The Balaban J connectivity index is 3.40. The van der Waals surface area contributed by atoms with Crippen molar-refractivity contribution in [3.05, 3.63) is 0 Å². The summed E-state index contributed by atoms with van der Waals surface area (Å²) >= 11 is 0. The van der Waals surface area contributed by atoms with Gasteiger partial charge in [0.1, 0.15) is 0 Å². The smallest absolute Gasteiger partial charge is 0.426 e. The number of rotatable bonds is 1. The summed E-state index contributed by atoms with van der Waals surface area (Å²) < 4.78 is 0. The van der Waals surface area contributed by atoms with Crippen LogP contribution < -0.4 is 0 Å². The highest BCUT2D eigenvalue weighted by Gasteiger charge is 2.15. The van der Waals surface area contributed by atoms with Gasteiger partial charge in [-0.15, -0.1) is 0 Å². The summed E-state index contributed by atoms with van der Waals surface area (Å²) in [6.45, 7) is 1.44. The van der Waals surface area contributed by atoms with Gasteiger partial charge in [0.05, 0.1) is 11.9 Å². The standard InChI is InChI=1S/C3H6BNO2/c1-3(2-5)4(6)7/h3,6-7H,1H3. The molecule has 2 N–H and O–H groups in total. The van der Waals surface area contributed by atoms with Crippen molar-refractivity contribution < 1.29 is 10.0 Å². The molecule has 0 aromatic heterocycles. The molecule has 0 aromatic rings. The average molecular weight is 98.9 g/mol. The van der Waals surface area contributed by atoms with Gasteiger partial charge in [-0.25, -0.2) is 0 Å². The molecule has 0 radical (unpaired) electrons. The van der Waals surface area contributed by atoms with Crippen molar-refractivity contribution in [1.82, 2.24) is 0 Å². The zero-order valence-corrected chi connectivity index (χ0v) is 4.00. The maximum atomic E-state index is 8.15. The van der Waals surface area contributed by atoms with Crippen LogP contribution in [0.2, 0.25) is 5.82 Å². The van der Waals surface area contributed by atoms with Gasteiger partial charge < -0.3 is 10.0 Å². The van der Waals surface area contributed by atoms with Crippen molar-refractivity contribution in [3.8, 4) is 6.07 Å². The molecule has 4 heteroatoms. The third-order valence-corrected chi connectivity index (χ3v) is 0.651. The van der Waals surface area contributed by atoms with Gasteiger partial charge in [-0.1, -0.05) is 6.92 Å². The minimum absolute atomic E-state index is 0.681. The lowest BCUT2D eigenvalue weighted by atomic mass is 9.75. The summed E-state index contributed by atoms with van der Waals surface area (Å²) in [6, 6.07) is 1.66. The normalized spacial score (nSPS) is 12.3. The van der Waals surface area contributed by atoms with E-state index in [-0.39, 0.29) is 0 Å². The third-order valence-electron chi connectivity index (χ3n) is 0.651. The first-order chi connectivity index (χ1) is 3.18. The molecule has 0 aromatic carbocycles. The largest absolute Gasteiger partial charge is 0.469 e. The first-order valence-electron chi connectivity index (χ1n) is 1.94. The molecule has 0 aliphatic carbocycles. The molecular formula is C3H6BNO2. The summed E-state index contributed by atoms with van der Waals surface area (Å²) in [5, 5.41) is 24.2. The quantitative estimate of drug-likeness (QED) is 0.430. The highest BCUT2D eigenvalue weighted by molar-refractivity contribution is 6.44. The molecule has 0 aliphatic heterocycles. The van der Waals surface area contributed by atoms with Gasteiger partial charge in [0.25, 0.3) is 0 Å². The molecule has 0 bridgehead atoms. The Morgan fingerprint density at radius 1 is 1.71 bits per heavy atom. The summed E-state index contributed by atoms with van der Waals surface area (Å²) in [4.78, 5) is 0. The number of nitrogens with zero attached hydrogens (tertiary/aromatic N) is 1. The maximum Gasteiger partial charge on any atom is 0.469 e. The molecule has 0 saturated heterocycles. The molecule has 1 unspecified atom stereocenters. The zero-order chi connectivity index (χ0) is 5.86. The van der Waals surface area contributed by atoms with Gasteiger partial charge in [-0.05, 0) is 0 Å². The van der Waals surface area contributed by atoms with Gasteiger partial charge in [0.2, 0.25) is 0 Å². The predicted octanol–water partition coefficient (Wildman–Crippen LogP) is -0.627. The SMILES string of the molecule is CC(C#N)B(O)O. The molecule has 0 rings (SSSR count). The van der Waals surface area contributed by atoms with Gasteiger partial charge in [-0.2, -0.15) is 5.26 Å². The van der Waals surface area contributed by atoms with E-state index in [0.717, 1.165) is 0 Å². The molecule has 0 aliphatic rings. The lowest BCUT2D eigenvalue weighted by molar-refractivity contribution is 0.399. The van der Waals surface area contributed by atoms with Gasteiger partial charge in [-0.3, -0.25) is 0 Å². The second-order valence-corrected chi connectivity index (χ2v) is 1.33. The van der Waals surface area contributed by atoms with Crippen LogP contribution >= 0.6 is 0 Å². The van der Waals surface area contributed by atoms with Crippen molar-refractivity contribution in [3.63, 3.8) is 0 Å². The van der Waals surface area contributed by atoms with Crippen LogP contribution in [-0.2, 0) is 0 Å². The number of hydrogen-bond acceptors (Lipinski definition) is 3. The fraction of sp³-hybridized carbons (Fsp3) is 0.667. The van der Waals surface area contributed by atoms with Crippen LogP contribution in [0.4, 0.5) is 0 Å². The first-order valence-corrected chi connectivity index (χ1v) is 1.94. The van der Waals surface area contributed by atoms with Gasteiger partial charge >= 0.3 is 7.12 Å². The summed E-state index contributed by atoms with van der Waals surface area (Å²) in [6.07, 6.45) is 0. The van der Waals surface area contributed by atoms with Crippen molar-refractivity contribution in [2.45, 2.75) is 12.7 Å². The Kier molecular flexibility index (Phi) is 2.42. The minimum Gasteiger partial charge on any atom is -0.426 e. The molecule has 0 amide bonds. The minimum atomic E-state index is -1.50. The van der Waals surface area contributed by atoms with E-state index in [9.17, 15) is 0 Å². The fourth-order valence-electron chi connectivity index (χ4n) is 0.0667. The van der Waals surface area contributed by atoms with Crippen LogP contribution in [0.15, 0.2) is 0 Å². The molecule has 7 heavy (non-hydrogen) atoms. The molecule has 0 spiro atoms. The molecule has 38 valence electrons. The second kappa shape index (κ2) is 2.62. The van der Waals surface area contributed by atoms with Gasteiger partial charge in [0.15, 0.2) is 0 Å². The van der Waals surface area contributed by atoms with Crippen molar-refractivity contribution >= 4 is 7.12 Å². The van der Waals surface area contributed by atoms with E-state index in [1.54, 1.807) is 6.07 Å². The van der Waals surface area contributed by atoms with E-state index in [0.29, 0.717) is 0 Å². The molecule has 1 atom stereocenters. The summed E-state index contributed by atoms with van der Waals surface area (Å²) in [7, 11) is -1.50. The Hall–Kier alpha value is -0.525. The van der Waals surface area contributed by atoms with Crippen LogP contribution in [0.25, 0.3) is 0 Å². The van der Waals surface area contributed by atoms with E-state index < -0.39 is 12.9 Å². The van der Waals surface area contributed by atoms with Crippen molar-refractivity contribution in [2.24, 2.45) is 0 Å². The van der Waals surface area contributed by atoms with E-state index in [4.69, 9.17) is 15.3 Å². The van der Waals surface area contributed by atoms with Crippen LogP contribution in [0.5, 0.6) is 0 Å². The lowest BCUT2D eigenvalue weighted by Crippen LogP contribution is -2.15. The molecular weight excluding hydrogens is 92.8 g/mol. The van der Waals surface area contributed by atoms with Crippen LogP contribution in [0, 0.1) is 11.3 Å². The highest BCUT2D eigenvalue weighted by Crippen LogP contribution is 1.99. The summed E-state index contributed by atoms with van der Waals surface area (Å²) in [5.41, 5.74) is 0. The maximum absolute atomic E-state index is 8.15. The Morgan fingerprint density at radius 2 is 2.14 bits per heavy atom. The first kappa shape index (κ1) is 6.47. The fourth-order valence-corrected chi connectivity index (χ4v) is 0.0667. The molecule has 0 heterocycles. The van der Waals surface area contributed by atoms with Crippen LogP contribution in [0.1, 0.15) is 6.92 Å². The van der Waals surface area contributed by atoms with E-state index >= 15 is 0 Å². The Morgan fingerprint density at radius 3 is 2.14 bits per heavy atom. The molecule has 3 nitrogen and oxygen atoms in total. The monoisotopic (exact) mass is 99.0 g/mol. The van der Waals surface area contributed by atoms with E-state index in [2.05, 4.69) is 0 Å². The average Bonchev–Trinajstić information content (AvgIpc) is 1.65. The van der Waals surface area contributed by atoms with E-state index in [1.165, 1.54) is 6.92 Å². The number of hydrogen-bond donors (Lipinski definition) is 2. The Bertz CT molecular complexity index is 87.4. The topological polar surface area (TPSA) is 64.2 Å². The van der Waals surface area contributed by atoms with Gasteiger partial charge in [0, 0.05) is 0 Å². The molecule has 0 fully saturated rings. The van der Waals surface area contributed by atoms with Crippen LogP contribution in [-0.4, -0.2) is 17.2 Å². The summed E-state index contributed by atoms with van der Waals surface area (Å²) in [5.74, 6) is -0.681. The number of nitriles is 1. The molecule has 0 saturated carbocycles. The zero-order valence-electron chi connectivity index (χ0n) is 4.00. The predicted molar refractivity (Wildman–Crippen MR) is 25.2 cm³/mol. The Labute approximate surface area is 42.3 Å². The lowest BCUT2D eigenvalue weighted by Gasteiger charge is -1.93. The van der Waals surface area contributed by atoms with Crippen molar-refractivity contribution in [1.29, 1.82) is 5.26 Å². The third kappa shape index (κ3) is 2.21.